The fourth-order valence-electron chi connectivity index (χ4n) is 4.98. The lowest BCUT2D eigenvalue weighted by molar-refractivity contribution is 0.0303. The van der Waals surface area contributed by atoms with Gasteiger partial charge in [-0.15, -0.1) is 0 Å². The first-order valence-corrected chi connectivity index (χ1v) is 13.6. The van der Waals surface area contributed by atoms with E-state index in [4.69, 9.17) is 4.74 Å². The van der Waals surface area contributed by atoms with E-state index in [1.54, 1.807) is 29.2 Å². The van der Waals surface area contributed by atoms with Crippen molar-refractivity contribution in [2.24, 2.45) is 0 Å². The number of nitrogens with one attached hydrogen (secondary N) is 2. The van der Waals surface area contributed by atoms with Crippen molar-refractivity contribution >= 4 is 27.3 Å². The highest BCUT2D eigenvalue weighted by Crippen LogP contribution is 2.29. The van der Waals surface area contributed by atoms with Gasteiger partial charge in [-0.3, -0.25) is 9.52 Å². The summed E-state index contributed by atoms with van der Waals surface area (Å²) in [5.74, 6) is -0.0911. The molecule has 0 aromatic heterocycles. The molecule has 0 radical (unpaired) electrons. The summed E-state index contributed by atoms with van der Waals surface area (Å²) in [7, 11) is -3.77. The normalized spacial score (nSPS) is 18.9. The Balaban J connectivity index is 1.45. The summed E-state index contributed by atoms with van der Waals surface area (Å²) in [6.07, 6.45) is 4.15. The summed E-state index contributed by atoms with van der Waals surface area (Å²) in [5.41, 5.74) is 4.12. The zero-order chi connectivity index (χ0) is 23.5. The van der Waals surface area contributed by atoms with E-state index >= 15 is 0 Å². The third-order valence-electron chi connectivity index (χ3n) is 6.87. The van der Waals surface area contributed by atoms with Crippen LogP contribution in [0.4, 0.5) is 11.4 Å². The number of hydrogen-bond donors (Lipinski definition) is 2. The minimum Gasteiger partial charge on any atom is -0.378 e. The van der Waals surface area contributed by atoms with Crippen molar-refractivity contribution in [3.05, 3.63) is 53.1 Å². The Kier molecular flexibility index (Phi) is 6.76. The number of carbonyl (C=O) groups is 1. The number of carbonyl (C=O) groups excluding carboxylic acids is 1. The molecule has 2 aromatic carbocycles. The zero-order valence-corrected chi connectivity index (χ0v) is 20.2. The highest BCUT2D eigenvalue weighted by molar-refractivity contribution is 7.92. The maximum atomic E-state index is 13.5. The molecule has 1 amide bonds. The van der Waals surface area contributed by atoms with Crippen LogP contribution in [0.15, 0.2) is 41.3 Å². The average Bonchev–Trinajstić information content (AvgIpc) is 2.88. The zero-order valence-electron chi connectivity index (χ0n) is 19.4. The van der Waals surface area contributed by atoms with E-state index in [1.807, 2.05) is 12.1 Å². The first-order chi connectivity index (χ1) is 16.5. The van der Waals surface area contributed by atoms with Gasteiger partial charge < -0.3 is 19.9 Å². The van der Waals surface area contributed by atoms with Crippen molar-refractivity contribution in [3.63, 3.8) is 0 Å². The van der Waals surface area contributed by atoms with Gasteiger partial charge in [-0.2, -0.15) is 0 Å². The minimum absolute atomic E-state index is 0.0911. The number of amides is 1. The van der Waals surface area contributed by atoms with E-state index in [-0.39, 0.29) is 10.8 Å². The van der Waals surface area contributed by atoms with E-state index in [1.165, 1.54) is 5.56 Å². The van der Waals surface area contributed by atoms with Crippen LogP contribution in [0.3, 0.4) is 0 Å². The van der Waals surface area contributed by atoms with E-state index in [0.29, 0.717) is 37.6 Å². The minimum atomic E-state index is -3.77. The number of sulfonamides is 1. The number of ether oxygens (including phenoxy) is 1. The van der Waals surface area contributed by atoms with Gasteiger partial charge in [-0.25, -0.2) is 8.42 Å². The molecule has 1 aliphatic carbocycles. The molecule has 2 saturated heterocycles. The smallest absolute Gasteiger partial charge is 0.261 e. The van der Waals surface area contributed by atoms with Crippen molar-refractivity contribution in [3.8, 4) is 0 Å². The van der Waals surface area contributed by atoms with Crippen LogP contribution in [0.2, 0.25) is 0 Å². The third kappa shape index (κ3) is 4.92. The molecule has 2 fully saturated rings. The summed E-state index contributed by atoms with van der Waals surface area (Å²) in [4.78, 5) is 17.7. The molecule has 3 aliphatic rings. The van der Waals surface area contributed by atoms with Gasteiger partial charge in [0.05, 0.1) is 23.7 Å². The second-order valence-electron chi connectivity index (χ2n) is 9.12. The van der Waals surface area contributed by atoms with Gasteiger partial charge in [0.15, 0.2) is 0 Å². The number of rotatable bonds is 5. The molecule has 2 heterocycles. The monoisotopic (exact) mass is 484 g/mol. The predicted octanol–water partition coefficient (Wildman–Crippen LogP) is 2.25. The molecule has 0 spiro atoms. The van der Waals surface area contributed by atoms with Crippen LogP contribution in [0.25, 0.3) is 0 Å². The molecule has 2 aliphatic heterocycles. The molecule has 2 aromatic rings. The van der Waals surface area contributed by atoms with E-state index in [0.717, 1.165) is 63.1 Å². The quantitative estimate of drug-likeness (QED) is 0.677. The highest BCUT2D eigenvalue weighted by Gasteiger charge is 2.26. The number of benzene rings is 2. The maximum Gasteiger partial charge on any atom is 0.261 e. The van der Waals surface area contributed by atoms with Crippen LogP contribution in [0.5, 0.6) is 0 Å². The fraction of sp³-hybridized carbons (Fsp3) is 0.480. The number of anilines is 2. The van der Waals surface area contributed by atoms with Crippen LogP contribution in [0.1, 0.15) is 34.3 Å². The molecule has 0 unspecified atom stereocenters. The highest BCUT2D eigenvalue weighted by atomic mass is 32.2. The van der Waals surface area contributed by atoms with Gasteiger partial charge in [0.2, 0.25) is 0 Å². The van der Waals surface area contributed by atoms with Crippen LogP contribution in [0, 0.1) is 0 Å². The third-order valence-corrected chi connectivity index (χ3v) is 8.24. The Morgan fingerprint density at radius 2 is 1.65 bits per heavy atom. The molecule has 2 N–H and O–H groups in total. The van der Waals surface area contributed by atoms with Gasteiger partial charge in [-0.1, -0.05) is 6.07 Å². The molecule has 9 heteroatoms. The number of fused-ring (bicyclic) bond motifs is 1. The maximum absolute atomic E-state index is 13.5. The largest absolute Gasteiger partial charge is 0.378 e. The molecule has 8 nitrogen and oxygen atoms in total. The lowest BCUT2D eigenvalue weighted by atomic mass is 9.92. The number of piperazine rings is 1. The first kappa shape index (κ1) is 23.1. The van der Waals surface area contributed by atoms with E-state index in [9.17, 15) is 13.2 Å². The average molecular weight is 485 g/mol. The lowest BCUT2D eigenvalue weighted by Crippen LogP contribution is -2.45. The summed E-state index contributed by atoms with van der Waals surface area (Å²) < 4.78 is 34.6. The topological polar surface area (TPSA) is 91.0 Å². The standard InChI is InChI=1S/C25H32N4O4S/c30-25(29-13-15-33-16-14-29)23-18-21(6-8-24(23)28-11-9-26-10-12-28)27-34(31,32)22-7-5-19-3-1-2-4-20(19)17-22/h5-8,17-18,26-27H,1-4,9-16H2. The Bertz CT molecular complexity index is 1160. The molecule has 0 saturated carbocycles. The molecule has 0 atom stereocenters. The Labute approximate surface area is 201 Å². The first-order valence-electron chi connectivity index (χ1n) is 12.1. The second-order valence-corrected chi connectivity index (χ2v) is 10.8. The van der Waals surface area contributed by atoms with Gasteiger partial charge in [0.1, 0.15) is 0 Å². The van der Waals surface area contributed by atoms with Crippen LogP contribution >= 0.6 is 0 Å². The van der Waals surface area contributed by atoms with Crippen molar-refractivity contribution in [1.29, 1.82) is 0 Å². The number of hydrogen-bond acceptors (Lipinski definition) is 6. The van der Waals surface area contributed by atoms with Crippen molar-refractivity contribution in [2.75, 3.05) is 62.1 Å². The number of nitrogens with zero attached hydrogens (tertiary/aromatic N) is 2. The van der Waals surface area contributed by atoms with Crippen molar-refractivity contribution < 1.29 is 17.9 Å². The summed E-state index contributed by atoms with van der Waals surface area (Å²) >= 11 is 0. The Morgan fingerprint density at radius 3 is 2.41 bits per heavy atom. The van der Waals surface area contributed by atoms with Gasteiger partial charge in [0.25, 0.3) is 15.9 Å². The molecule has 182 valence electrons. The fourth-order valence-corrected chi connectivity index (χ4v) is 6.08. The van der Waals surface area contributed by atoms with Crippen LogP contribution < -0.4 is 14.9 Å². The molecule has 0 bridgehead atoms. The summed E-state index contributed by atoms with van der Waals surface area (Å²) in [5, 5.41) is 3.33. The number of morpholine rings is 1. The van der Waals surface area contributed by atoms with Crippen LogP contribution in [-0.4, -0.2) is 71.7 Å². The summed E-state index contributed by atoms with van der Waals surface area (Å²) in [6.45, 7) is 5.37. The van der Waals surface area contributed by atoms with Crippen molar-refractivity contribution in [1.82, 2.24) is 10.2 Å². The molecular formula is C25H32N4O4S. The van der Waals surface area contributed by atoms with Crippen molar-refractivity contribution in [2.45, 2.75) is 30.6 Å². The van der Waals surface area contributed by atoms with Gasteiger partial charge in [-0.05, 0) is 67.1 Å². The van der Waals surface area contributed by atoms with Gasteiger partial charge in [0, 0.05) is 50.6 Å². The van der Waals surface area contributed by atoms with E-state index in [2.05, 4.69) is 14.9 Å². The van der Waals surface area contributed by atoms with Gasteiger partial charge >= 0.3 is 0 Å². The van der Waals surface area contributed by atoms with E-state index < -0.39 is 10.0 Å². The molecular weight excluding hydrogens is 452 g/mol. The molecule has 34 heavy (non-hydrogen) atoms. The SMILES string of the molecule is O=C(c1cc(NS(=O)(=O)c2ccc3c(c2)CCCC3)ccc1N1CCNCC1)N1CCOCC1. The Hall–Kier alpha value is -2.62. The number of aryl methyl sites for hydroxylation is 2. The molecule has 5 rings (SSSR count). The second kappa shape index (κ2) is 9.93. The van der Waals surface area contributed by atoms with Crippen LogP contribution in [-0.2, 0) is 27.6 Å². The summed E-state index contributed by atoms with van der Waals surface area (Å²) in [6, 6.07) is 10.7. The Morgan fingerprint density at radius 1 is 0.912 bits per heavy atom. The lowest BCUT2D eigenvalue weighted by Gasteiger charge is -2.33. The predicted molar refractivity (Wildman–Crippen MR) is 132 cm³/mol.